The van der Waals surface area contributed by atoms with Crippen LogP contribution in [0.5, 0.6) is 0 Å². The van der Waals surface area contributed by atoms with E-state index in [9.17, 15) is 5.11 Å². The molecule has 2 rings (SSSR count). The molecule has 114 valence electrons. The van der Waals surface area contributed by atoms with Crippen LogP contribution in [0, 0.1) is 5.92 Å². The predicted octanol–water partition coefficient (Wildman–Crippen LogP) is 3.56. The fraction of sp³-hybridized carbons (Fsp3) is 0.444. The number of benzene rings is 2. The quantitative estimate of drug-likeness (QED) is 0.755. The Bertz CT molecular complexity index is 551. The van der Waals surface area contributed by atoms with E-state index in [-0.39, 0.29) is 0 Å². The number of ether oxygens (including phenoxy) is 2. The lowest BCUT2D eigenvalue weighted by Gasteiger charge is -2.13. The summed E-state index contributed by atoms with van der Waals surface area (Å²) in [5, 5.41) is 12.5. The van der Waals surface area contributed by atoms with Crippen LogP contribution in [0.15, 0.2) is 42.5 Å². The molecule has 0 amide bonds. The van der Waals surface area contributed by atoms with Crippen LogP contribution < -0.4 is 0 Å². The van der Waals surface area contributed by atoms with Gasteiger partial charge in [-0.2, -0.15) is 0 Å². The normalized spacial score (nSPS) is 13.0. The summed E-state index contributed by atoms with van der Waals surface area (Å²) in [6, 6.07) is 14.1. The first-order valence-electron chi connectivity index (χ1n) is 7.49. The van der Waals surface area contributed by atoms with Gasteiger partial charge in [-0.15, -0.1) is 0 Å². The Morgan fingerprint density at radius 3 is 2.29 bits per heavy atom. The zero-order valence-electron chi connectivity index (χ0n) is 12.8. The van der Waals surface area contributed by atoms with Crippen molar-refractivity contribution in [1.82, 2.24) is 0 Å². The molecular weight excluding hydrogens is 264 g/mol. The minimum Gasteiger partial charge on any atom is -0.386 e. The fourth-order valence-electron chi connectivity index (χ4n) is 2.14. The molecule has 2 aromatic carbocycles. The van der Waals surface area contributed by atoms with Crippen molar-refractivity contribution in [1.29, 1.82) is 0 Å². The molecule has 1 atom stereocenters. The molecular formula is C18H24O3. The van der Waals surface area contributed by atoms with E-state index >= 15 is 0 Å². The molecule has 0 saturated heterocycles. The highest BCUT2D eigenvalue weighted by molar-refractivity contribution is 5.83. The van der Waals surface area contributed by atoms with E-state index in [1.807, 2.05) is 36.4 Å². The molecule has 21 heavy (non-hydrogen) atoms. The minimum absolute atomic E-state index is 0.295. The van der Waals surface area contributed by atoms with Crippen molar-refractivity contribution >= 4 is 10.8 Å². The summed E-state index contributed by atoms with van der Waals surface area (Å²) in [5.41, 5.74) is 0.886. The molecule has 0 aromatic heterocycles. The highest BCUT2D eigenvalue weighted by Crippen LogP contribution is 2.20. The van der Waals surface area contributed by atoms with E-state index in [4.69, 9.17) is 9.47 Å². The smallest absolute Gasteiger partial charge is 0.102 e. The summed E-state index contributed by atoms with van der Waals surface area (Å²) < 4.78 is 10.9. The van der Waals surface area contributed by atoms with Crippen molar-refractivity contribution in [2.75, 3.05) is 26.4 Å². The number of rotatable bonds is 8. The SMILES string of the molecule is CC(C)COCCOCC(O)c1ccc2ccccc2c1. The van der Waals surface area contributed by atoms with Crippen LogP contribution in [-0.4, -0.2) is 31.5 Å². The number of hydrogen-bond donors (Lipinski definition) is 1. The van der Waals surface area contributed by atoms with Gasteiger partial charge in [-0.1, -0.05) is 50.2 Å². The molecule has 3 heteroatoms. The number of aliphatic hydroxyl groups is 1. The maximum atomic E-state index is 10.2. The third kappa shape index (κ3) is 5.12. The standard InChI is InChI=1S/C18H24O3/c1-14(2)12-20-9-10-21-13-18(19)17-8-7-15-5-3-4-6-16(15)11-17/h3-8,11,14,18-19H,9-10,12-13H2,1-2H3. The van der Waals surface area contributed by atoms with Gasteiger partial charge in [0.25, 0.3) is 0 Å². The molecule has 0 aliphatic heterocycles. The lowest BCUT2D eigenvalue weighted by molar-refractivity contribution is -0.00118. The molecule has 0 heterocycles. The van der Waals surface area contributed by atoms with Gasteiger partial charge >= 0.3 is 0 Å². The second-order valence-corrected chi connectivity index (χ2v) is 5.67. The molecule has 0 aliphatic rings. The average Bonchev–Trinajstić information content (AvgIpc) is 2.49. The Kier molecular flexibility index (Phi) is 6.18. The Balaban J connectivity index is 1.78. The van der Waals surface area contributed by atoms with Crippen LogP contribution in [0.4, 0.5) is 0 Å². The first kappa shape index (κ1) is 16.0. The van der Waals surface area contributed by atoms with E-state index in [1.54, 1.807) is 0 Å². The van der Waals surface area contributed by atoms with Crippen molar-refractivity contribution in [2.45, 2.75) is 20.0 Å². The highest BCUT2D eigenvalue weighted by atomic mass is 16.5. The predicted molar refractivity (Wildman–Crippen MR) is 85.4 cm³/mol. The van der Waals surface area contributed by atoms with E-state index in [1.165, 1.54) is 5.39 Å². The maximum Gasteiger partial charge on any atom is 0.102 e. The van der Waals surface area contributed by atoms with E-state index in [0.29, 0.717) is 25.7 Å². The van der Waals surface area contributed by atoms with Crippen molar-refractivity contribution in [3.05, 3.63) is 48.0 Å². The Morgan fingerprint density at radius 2 is 1.57 bits per heavy atom. The van der Waals surface area contributed by atoms with Gasteiger partial charge in [0.1, 0.15) is 6.10 Å². The Hall–Kier alpha value is -1.42. The summed E-state index contributed by atoms with van der Waals surface area (Å²) in [5.74, 6) is 0.535. The topological polar surface area (TPSA) is 38.7 Å². The average molecular weight is 288 g/mol. The second-order valence-electron chi connectivity index (χ2n) is 5.67. The van der Waals surface area contributed by atoms with Crippen LogP contribution in [0.25, 0.3) is 10.8 Å². The summed E-state index contributed by atoms with van der Waals surface area (Å²) in [4.78, 5) is 0. The van der Waals surface area contributed by atoms with Crippen LogP contribution in [0.2, 0.25) is 0 Å². The molecule has 1 N–H and O–H groups in total. The van der Waals surface area contributed by atoms with Gasteiger partial charge < -0.3 is 14.6 Å². The first-order valence-corrected chi connectivity index (χ1v) is 7.49. The van der Waals surface area contributed by atoms with Crippen molar-refractivity contribution in [3.63, 3.8) is 0 Å². The molecule has 3 nitrogen and oxygen atoms in total. The van der Waals surface area contributed by atoms with E-state index in [0.717, 1.165) is 17.6 Å². The van der Waals surface area contributed by atoms with Gasteiger partial charge in [0.2, 0.25) is 0 Å². The first-order chi connectivity index (χ1) is 10.2. The summed E-state index contributed by atoms with van der Waals surface area (Å²) in [7, 11) is 0. The summed E-state index contributed by atoms with van der Waals surface area (Å²) >= 11 is 0. The number of hydrogen-bond acceptors (Lipinski definition) is 3. The minimum atomic E-state index is -0.597. The zero-order valence-corrected chi connectivity index (χ0v) is 12.8. The Labute approximate surface area is 126 Å². The van der Waals surface area contributed by atoms with Crippen molar-refractivity contribution in [3.8, 4) is 0 Å². The van der Waals surface area contributed by atoms with E-state index < -0.39 is 6.10 Å². The molecule has 1 unspecified atom stereocenters. The van der Waals surface area contributed by atoms with Crippen LogP contribution in [0.3, 0.4) is 0 Å². The molecule has 0 fully saturated rings. The molecule has 0 radical (unpaired) electrons. The summed E-state index contributed by atoms with van der Waals surface area (Å²) in [6.07, 6.45) is -0.597. The van der Waals surface area contributed by atoms with Crippen molar-refractivity contribution < 1.29 is 14.6 Å². The number of fused-ring (bicyclic) bond motifs is 1. The second kappa shape index (κ2) is 8.13. The molecule has 0 aliphatic carbocycles. The molecule has 0 spiro atoms. The van der Waals surface area contributed by atoms with Gasteiger partial charge in [0.15, 0.2) is 0 Å². The van der Waals surface area contributed by atoms with Gasteiger partial charge in [-0.3, -0.25) is 0 Å². The lowest BCUT2D eigenvalue weighted by atomic mass is 10.0. The third-order valence-corrected chi connectivity index (χ3v) is 3.26. The number of aliphatic hydroxyl groups excluding tert-OH is 1. The third-order valence-electron chi connectivity index (χ3n) is 3.26. The zero-order chi connectivity index (χ0) is 15.1. The van der Waals surface area contributed by atoms with Gasteiger partial charge in [-0.05, 0) is 28.3 Å². The largest absolute Gasteiger partial charge is 0.386 e. The monoisotopic (exact) mass is 288 g/mol. The van der Waals surface area contributed by atoms with Gasteiger partial charge in [0.05, 0.1) is 19.8 Å². The van der Waals surface area contributed by atoms with Crippen LogP contribution in [-0.2, 0) is 9.47 Å². The van der Waals surface area contributed by atoms with Crippen molar-refractivity contribution in [2.24, 2.45) is 5.92 Å². The summed E-state index contributed by atoms with van der Waals surface area (Å²) in [6.45, 7) is 6.36. The van der Waals surface area contributed by atoms with E-state index in [2.05, 4.69) is 19.9 Å². The fourth-order valence-corrected chi connectivity index (χ4v) is 2.14. The molecule has 2 aromatic rings. The molecule has 0 bridgehead atoms. The highest BCUT2D eigenvalue weighted by Gasteiger charge is 2.08. The van der Waals surface area contributed by atoms with Gasteiger partial charge in [0, 0.05) is 6.61 Å². The molecule has 0 saturated carbocycles. The Morgan fingerprint density at radius 1 is 0.905 bits per heavy atom. The lowest BCUT2D eigenvalue weighted by Crippen LogP contribution is -2.12. The van der Waals surface area contributed by atoms with Crippen LogP contribution >= 0.6 is 0 Å². The van der Waals surface area contributed by atoms with Gasteiger partial charge in [-0.25, -0.2) is 0 Å². The van der Waals surface area contributed by atoms with Crippen LogP contribution in [0.1, 0.15) is 25.5 Å². The maximum absolute atomic E-state index is 10.2.